The van der Waals surface area contributed by atoms with E-state index in [1.165, 1.54) is 4.88 Å². The number of aromatic nitrogens is 1. The van der Waals surface area contributed by atoms with Crippen LogP contribution in [0.5, 0.6) is 0 Å². The van der Waals surface area contributed by atoms with E-state index in [2.05, 4.69) is 37.7 Å². The maximum atomic E-state index is 11.8. The van der Waals surface area contributed by atoms with Crippen LogP contribution in [-0.2, 0) is 17.6 Å². The lowest BCUT2D eigenvalue weighted by molar-refractivity contribution is -0.127. The second-order valence-corrected chi connectivity index (χ2v) is 7.79. The molecule has 25 heavy (non-hydrogen) atoms. The molecule has 2 aromatic heterocycles. The molecule has 2 rings (SSSR count). The van der Waals surface area contributed by atoms with Crippen molar-refractivity contribution >= 4 is 34.5 Å². The molecule has 6 nitrogen and oxygen atoms in total. The third kappa shape index (κ3) is 6.83. The highest BCUT2D eigenvalue weighted by atomic mass is 32.1. The van der Waals surface area contributed by atoms with Gasteiger partial charge in [0.25, 0.3) is 0 Å². The van der Waals surface area contributed by atoms with Gasteiger partial charge in [0, 0.05) is 57.1 Å². The molecule has 2 aromatic rings. The number of aliphatic imine (C=N–C) groups is 1. The van der Waals surface area contributed by atoms with Gasteiger partial charge in [-0.05, 0) is 17.9 Å². The molecule has 0 aliphatic heterocycles. The smallest absolute Gasteiger partial charge is 0.243 e. The van der Waals surface area contributed by atoms with E-state index in [1.807, 2.05) is 18.6 Å². The molecule has 0 aromatic carbocycles. The van der Waals surface area contributed by atoms with Crippen molar-refractivity contribution in [2.24, 2.45) is 4.99 Å². The average Bonchev–Trinajstić information content (AvgIpc) is 3.28. The van der Waals surface area contributed by atoms with E-state index in [1.54, 1.807) is 41.7 Å². The number of likely N-dealkylation sites (N-methyl/N-ethyl adjacent to an activating group) is 2. The highest BCUT2D eigenvalue weighted by Gasteiger charge is 2.10. The lowest BCUT2D eigenvalue weighted by Crippen LogP contribution is -2.41. The first-order valence-corrected chi connectivity index (χ1v) is 9.92. The number of rotatable bonds is 8. The van der Waals surface area contributed by atoms with Gasteiger partial charge in [-0.1, -0.05) is 6.07 Å². The number of carbonyl (C=O) groups is 1. The average molecular weight is 380 g/mol. The number of nitrogens with zero attached hydrogens (tertiary/aromatic N) is 4. The van der Waals surface area contributed by atoms with Gasteiger partial charge < -0.3 is 15.1 Å². The van der Waals surface area contributed by atoms with E-state index in [0.29, 0.717) is 0 Å². The topological polar surface area (TPSA) is 60.8 Å². The lowest BCUT2D eigenvalue weighted by Gasteiger charge is -2.22. The summed E-state index contributed by atoms with van der Waals surface area (Å²) in [5, 5.41) is 8.55. The SMILES string of the molecule is CN(C)C(=O)CN=C(NCCc1cccs1)N(C)CCc1nccs1. The fraction of sp³-hybridized carbons (Fsp3) is 0.471. The quantitative estimate of drug-likeness (QED) is 0.563. The third-order valence-electron chi connectivity index (χ3n) is 3.60. The molecular formula is C17H25N5OS2. The molecule has 2 heterocycles. The zero-order chi connectivity index (χ0) is 18.1. The highest BCUT2D eigenvalue weighted by molar-refractivity contribution is 7.10. The Labute approximate surface area is 157 Å². The molecule has 1 N–H and O–H groups in total. The van der Waals surface area contributed by atoms with Gasteiger partial charge in [-0.3, -0.25) is 4.79 Å². The molecule has 0 atom stereocenters. The number of thiophene rings is 1. The molecule has 1 amide bonds. The van der Waals surface area contributed by atoms with Crippen molar-refractivity contribution < 1.29 is 4.79 Å². The maximum Gasteiger partial charge on any atom is 0.243 e. The van der Waals surface area contributed by atoms with Gasteiger partial charge in [0.15, 0.2) is 5.96 Å². The minimum atomic E-state index is -0.00844. The van der Waals surface area contributed by atoms with E-state index in [9.17, 15) is 4.79 Å². The summed E-state index contributed by atoms with van der Waals surface area (Å²) in [5.74, 6) is 0.745. The Kier molecular flexibility index (Phi) is 7.87. The normalized spacial score (nSPS) is 11.4. The number of guanidine groups is 1. The van der Waals surface area contributed by atoms with Crippen LogP contribution in [0.4, 0.5) is 0 Å². The van der Waals surface area contributed by atoms with Crippen LogP contribution in [0.2, 0.25) is 0 Å². The predicted octanol–water partition coefficient (Wildman–Crippen LogP) is 1.96. The highest BCUT2D eigenvalue weighted by Crippen LogP contribution is 2.08. The standard InChI is InChI=1S/C17H25N5OS2/c1-21(2)16(23)13-20-17(19-8-6-14-5-4-11-24-14)22(3)10-7-15-18-9-12-25-15/h4-5,9,11-12H,6-8,10,13H2,1-3H3,(H,19,20). The second-order valence-electron chi connectivity index (χ2n) is 5.78. The molecule has 0 spiro atoms. The molecule has 0 aliphatic rings. The number of hydrogen-bond acceptors (Lipinski definition) is 5. The van der Waals surface area contributed by atoms with E-state index in [-0.39, 0.29) is 12.5 Å². The van der Waals surface area contributed by atoms with Crippen LogP contribution in [0, 0.1) is 0 Å². The van der Waals surface area contributed by atoms with Crippen LogP contribution in [-0.4, -0.2) is 67.4 Å². The second kappa shape index (κ2) is 10.1. The van der Waals surface area contributed by atoms with Crippen molar-refractivity contribution in [1.82, 2.24) is 20.1 Å². The third-order valence-corrected chi connectivity index (χ3v) is 5.38. The van der Waals surface area contributed by atoms with Gasteiger partial charge in [0.2, 0.25) is 5.91 Å². The summed E-state index contributed by atoms with van der Waals surface area (Å²) in [7, 11) is 5.48. The molecule has 0 saturated carbocycles. The van der Waals surface area contributed by atoms with E-state index < -0.39 is 0 Å². The summed E-state index contributed by atoms with van der Waals surface area (Å²) >= 11 is 3.41. The minimum absolute atomic E-state index is 0.00844. The van der Waals surface area contributed by atoms with Crippen molar-refractivity contribution in [1.29, 1.82) is 0 Å². The van der Waals surface area contributed by atoms with E-state index >= 15 is 0 Å². The van der Waals surface area contributed by atoms with Crippen molar-refractivity contribution in [3.63, 3.8) is 0 Å². The maximum absolute atomic E-state index is 11.8. The fourth-order valence-electron chi connectivity index (χ4n) is 2.09. The van der Waals surface area contributed by atoms with Crippen molar-refractivity contribution in [2.45, 2.75) is 12.8 Å². The Morgan fingerprint density at radius 1 is 1.24 bits per heavy atom. The van der Waals surface area contributed by atoms with Crippen LogP contribution >= 0.6 is 22.7 Å². The van der Waals surface area contributed by atoms with Crippen molar-refractivity contribution in [2.75, 3.05) is 40.8 Å². The van der Waals surface area contributed by atoms with Crippen molar-refractivity contribution in [3.8, 4) is 0 Å². The molecule has 0 radical (unpaired) electrons. The predicted molar refractivity (Wildman–Crippen MR) is 105 cm³/mol. The van der Waals surface area contributed by atoms with Gasteiger partial charge in [-0.2, -0.15) is 0 Å². The van der Waals surface area contributed by atoms with Crippen molar-refractivity contribution in [3.05, 3.63) is 39.0 Å². The Morgan fingerprint density at radius 3 is 2.72 bits per heavy atom. The Morgan fingerprint density at radius 2 is 2.08 bits per heavy atom. The molecule has 0 aliphatic carbocycles. The molecular weight excluding hydrogens is 354 g/mol. The molecule has 8 heteroatoms. The van der Waals surface area contributed by atoms with Gasteiger partial charge in [0.05, 0.1) is 5.01 Å². The molecule has 0 bridgehead atoms. The lowest BCUT2D eigenvalue weighted by atomic mass is 10.3. The van der Waals surface area contributed by atoms with Gasteiger partial charge >= 0.3 is 0 Å². The zero-order valence-corrected chi connectivity index (χ0v) is 16.6. The number of hydrogen-bond donors (Lipinski definition) is 1. The Balaban J connectivity index is 1.91. The summed E-state index contributed by atoms with van der Waals surface area (Å²) in [6, 6.07) is 4.19. The Bertz CT molecular complexity index is 653. The molecule has 0 fully saturated rings. The van der Waals surface area contributed by atoms with E-state index in [4.69, 9.17) is 0 Å². The first-order valence-electron chi connectivity index (χ1n) is 8.16. The monoisotopic (exact) mass is 379 g/mol. The number of carbonyl (C=O) groups excluding carboxylic acids is 1. The first kappa shape index (κ1) is 19.4. The largest absolute Gasteiger partial charge is 0.356 e. The summed E-state index contributed by atoms with van der Waals surface area (Å²) in [6.07, 6.45) is 3.63. The van der Waals surface area contributed by atoms with Crippen LogP contribution < -0.4 is 5.32 Å². The summed E-state index contributed by atoms with van der Waals surface area (Å²) in [6.45, 7) is 1.74. The molecule has 136 valence electrons. The molecule has 0 saturated heterocycles. The van der Waals surface area contributed by atoms with Crippen LogP contribution in [0.3, 0.4) is 0 Å². The number of amides is 1. The van der Waals surface area contributed by atoms with Crippen LogP contribution in [0.1, 0.15) is 9.88 Å². The number of nitrogens with one attached hydrogen (secondary N) is 1. The van der Waals surface area contributed by atoms with Gasteiger partial charge in [-0.25, -0.2) is 9.98 Å². The van der Waals surface area contributed by atoms with E-state index in [0.717, 1.165) is 36.9 Å². The first-order chi connectivity index (χ1) is 12.1. The summed E-state index contributed by atoms with van der Waals surface area (Å²) in [4.78, 5) is 25.6. The summed E-state index contributed by atoms with van der Waals surface area (Å²) < 4.78 is 0. The van der Waals surface area contributed by atoms with Gasteiger partial charge in [-0.15, -0.1) is 22.7 Å². The van der Waals surface area contributed by atoms with Crippen LogP contribution in [0.15, 0.2) is 34.1 Å². The van der Waals surface area contributed by atoms with Gasteiger partial charge in [0.1, 0.15) is 6.54 Å². The fourth-order valence-corrected chi connectivity index (χ4v) is 3.41. The Hall–Kier alpha value is -1.93. The zero-order valence-electron chi connectivity index (χ0n) is 14.9. The number of thiazole rings is 1. The van der Waals surface area contributed by atoms with Crippen LogP contribution in [0.25, 0.3) is 0 Å². The minimum Gasteiger partial charge on any atom is -0.356 e. The molecule has 0 unspecified atom stereocenters. The summed E-state index contributed by atoms with van der Waals surface area (Å²) in [5.41, 5.74) is 0.